The summed E-state index contributed by atoms with van der Waals surface area (Å²) in [7, 11) is -6.20. The molecule has 2 amide bonds. The summed E-state index contributed by atoms with van der Waals surface area (Å²) in [5.41, 5.74) is 0.883. The highest BCUT2D eigenvalue weighted by Gasteiger charge is 2.29. The largest absolute Gasteiger partial charge is 0.506 e. The van der Waals surface area contributed by atoms with Crippen molar-refractivity contribution in [2.45, 2.75) is 30.4 Å². The number of piperidine rings is 1. The van der Waals surface area contributed by atoms with Crippen molar-refractivity contribution >= 4 is 43.4 Å². The predicted octanol–water partition coefficient (Wildman–Crippen LogP) is 2.50. The van der Waals surface area contributed by atoms with Crippen LogP contribution in [0.5, 0.6) is 11.5 Å². The van der Waals surface area contributed by atoms with E-state index in [9.17, 15) is 41.0 Å². The minimum Gasteiger partial charge on any atom is -0.506 e. The number of halogens is 1. The fraction of sp³-hybridized carbons (Fsp3) is 0.375. The number of carbonyl (C=O) groups excluding carboxylic acids is 2. The normalized spacial score (nSPS) is 14.8. The van der Waals surface area contributed by atoms with E-state index in [1.165, 1.54) is 66.0 Å². The van der Waals surface area contributed by atoms with Crippen LogP contribution in [0, 0.1) is 11.7 Å². The Balaban J connectivity index is 1.20. The number of esters is 1. The zero-order chi connectivity index (χ0) is 36.5. The van der Waals surface area contributed by atoms with Gasteiger partial charge in [0, 0.05) is 43.5 Å². The number of nitrogens with one attached hydrogen (secondary N) is 4. The van der Waals surface area contributed by atoms with Crippen LogP contribution in [0.4, 0.5) is 20.6 Å². The number of methoxy groups -OCH3 is 1. The lowest BCUT2D eigenvalue weighted by Gasteiger charge is -2.31. The average Bonchev–Trinajstić information content (AvgIpc) is 3.07. The molecule has 272 valence electrons. The first kappa shape index (κ1) is 38.3. The van der Waals surface area contributed by atoms with Gasteiger partial charge in [-0.15, -0.1) is 0 Å². The molecular formula is C32H40FN5O10S2. The smallest absolute Gasteiger partial charge is 0.343 e. The molecule has 0 saturated carbocycles. The van der Waals surface area contributed by atoms with E-state index in [2.05, 4.69) is 25.4 Å². The van der Waals surface area contributed by atoms with Gasteiger partial charge in [0.2, 0.25) is 20.0 Å². The SMILES string of the molecule is COC(=O)COc1ccc(CNC(=O)Nc2ccc(S(=O)(=O)N3CCC(CNC[C@H](O)c4ccc(O)c(NS(C)(=O)=O)c4)CC3)cc2)c(F)c1. The first-order chi connectivity index (χ1) is 23.6. The summed E-state index contributed by atoms with van der Waals surface area (Å²) in [6, 6.07) is 13.2. The first-order valence-corrected chi connectivity index (χ1v) is 18.8. The molecule has 15 nitrogen and oxygen atoms in total. The van der Waals surface area contributed by atoms with E-state index < -0.39 is 44.0 Å². The van der Waals surface area contributed by atoms with Gasteiger partial charge in [-0.05, 0) is 73.3 Å². The number of nitrogens with zero attached hydrogens (tertiary/aromatic N) is 1. The van der Waals surface area contributed by atoms with Crippen molar-refractivity contribution in [3.05, 3.63) is 77.6 Å². The summed E-state index contributed by atoms with van der Waals surface area (Å²) < 4.78 is 77.2. The van der Waals surface area contributed by atoms with E-state index in [0.717, 1.165) is 12.3 Å². The lowest BCUT2D eigenvalue weighted by Crippen LogP contribution is -2.41. The summed E-state index contributed by atoms with van der Waals surface area (Å²) in [4.78, 5) is 23.6. The number of aliphatic hydroxyl groups excluding tert-OH is 1. The van der Waals surface area contributed by atoms with E-state index in [0.29, 0.717) is 43.7 Å². The van der Waals surface area contributed by atoms with E-state index in [4.69, 9.17) is 4.74 Å². The topological polar surface area (TPSA) is 213 Å². The van der Waals surface area contributed by atoms with Crippen LogP contribution in [-0.4, -0.2) is 89.5 Å². The number of rotatable bonds is 15. The Bertz CT molecular complexity index is 1870. The van der Waals surface area contributed by atoms with Gasteiger partial charge in [-0.1, -0.05) is 12.1 Å². The molecule has 0 radical (unpaired) electrons. The lowest BCUT2D eigenvalue weighted by atomic mass is 9.98. The Morgan fingerprint density at radius 3 is 2.36 bits per heavy atom. The molecule has 3 aromatic carbocycles. The van der Waals surface area contributed by atoms with Gasteiger partial charge in [0.25, 0.3) is 0 Å². The molecule has 1 saturated heterocycles. The summed E-state index contributed by atoms with van der Waals surface area (Å²) in [6.45, 7) is 0.781. The fourth-order valence-corrected chi connectivity index (χ4v) is 7.14. The van der Waals surface area contributed by atoms with Crippen LogP contribution in [0.2, 0.25) is 0 Å². The summed E-state index contributed by atoms with van der Waals surface area (Å²) in [5.74, 6) is -1.24. The van der Waals surface area contributed by atoms with Gasteiger partial charge in [0.1, 0.15) is 17.3 Å². The van der Waals surface area contributed by atoms with Crippen LogP contribution in [0.25, 0.3) is 0 Å². The number of ether oxygens (including phenoxy) is 2. The number of hydrogen-bond donors (Lipinski definition) is 6. The quantitative estimate of drug-likeness (QED) is 0.0985. The first-order valence-electron chi connectivity index (χ1n) is 15.5. The van der Waals surface area contributed by atoms with Crippen molar-refractivity contribution in [1.29, 1.82) is 0 Å². The Morgan fingerprint density at radius 1 is 1.02 bits per heavy atom. The minimum absolute atomic E-state index is 0.0342. The number of amides is 2. The molecule has 0 aromatic heterocycles. The molecule has 0 aliphatic carbocycles. The van der Waals surface area contributed by atoms with Crippen LogP contribution in [0.3, 0.4) is 0 Å². The molecule has 1 fully saturated rings. The molecule has 3 aromatic rings. The molecule has 0 unspecified atom stereocenters. The maximum absolute atomic E-state index is 14.4. The van der Waals surface area contributed by atoms with Crippen molar-refractivity contribution in [2.24, 2.45) is 5.92 Å². The summed E-state index contributed by atoms with van der Waals surface area (Å²) in [6.07, 6.45) is 1.17. The lowest BCUT2D eigenvalue weighted by molar-refractivity contribution is -0.142. The van der Waals surface area contributed by atoms with E-state index in [1.54, 1.807) is 0 Å². The van der Waals surface area contributed by atoms with Crippen LogP contribution in [0.15, 0.2) is 65.6 Å². The Hall–Kier alpha value is -4.49. The maximum atomic E-state index is 14.4. The number of sulfonamides is 2. The number of aliphatic hydroxyl groups is 1. The molecule has 1 aliphatic heterocycles. The molecule has 0 bridgehead atoms. The van der Waals surface area contributed by atoms with Crippen molar-refractivity contribution in [3.63, 3.8) is 0 Å². The van der Waals surface area contributed by atoms with Crippen LogP contribution in [-0.2, 0) is 36.1 Å². The van der Waals surface area contributed by atoms with Crippen molar-refractivity contribution in [2.75, 3.05) is 56.2 Å². The minimum atomic E-state index is -3.79. The second kappa shape index (κ2) is 16.9. The number of hydrogen-bond acceptors (Lipinski definition) is 11. The van der Waals surface area contributed by atoms with Gasteiger partial charge in [0.05, 0.1) is 30.1 Å². The van der Waals surface area contributed by atoms with Gasteiger partial charge >= 0.3 is 12.0 Å². The zero-order valence-corrected chi connectivity index (χ0v) is 29.0. The van der Waals surface area contributed by atoms with Gasteiger partial charge in [-0.2, -0.15) is 4.31 Å². The number of phenols is 1. The third-order valence-electron chi connectivity index (χ3n) is 7.84. The monoisotopic (exact) mass is 737 g/mol. The van der Waals surface area contributed by atoms with Gasteiger partial charge in [0.15, 0.2) is 6.61 Å². The molecular weight excluding hydrogens is 698 g/mol. The van der Waals surface area contributed by atoms with Crippen LogP contribution < -0.4 is 25.4 Å². The van der Waals surface area contributed by atoms with Gasteiger partial charge in [-0.3, -0.25) is 4.72 Å². The van der Waals surface area contributed by atoms with Gasteiger partial charge < -0.3 is 35.6 Å². The molecule has 4 rings (SSSR count). The van der Waals surface area contributed by atoms with Crippen LogP contribution in [0.1, 0.15) is 30.1 Å². The number of aromatic hydroxyl groups is 1. The summed E-state index contributed by atoms with van der Waals surface area (Å²) >= 11 is 0. The van der Waals surface area contributed by atoms with Crippen molar-refractivity contribution in [1.82, 2.24) is 14.9 Å². The van der Waals surface area contributed by atoms with Crippen molar-refractivity contribution in [3.8, 4) is 11.5 Å². The molecule has 1 heterocycles. The highest BCUT2D eigenvalue weighted by atomic mass is 32.2. The second-order valence-electron chi connectivity index (χ2n) is 11.6. The third kappa shape index (κ3) is 11.0. The predicted molar refractivity (Wildman–Crippen MR) is 182 cm³/mol. The number of benzene rings is 3. The average molecular weight is 738 g/mol. The van der Waals surface area contributed by atoms with E-state index in [1.807, 2.05) is 0 Å². The van der Waals surface area contributed by atoms with E-state index in [-0.39, 0.29) is 53.3 Å². The standard InChI is InChI=1S/C32H40FN5O10S2/c1-47-31(41)20-48-25-7-3-23(27(33)16-25)18-35-32(42)36-24-5-8-26(9-6-24)50(45,46)38-13-11-21(12-14-38)17-34-19-30(40)22-4-10-29(39)28(15-22)37-49(2,43)44/h3-10,15-16,21,30,34,37,39-40H,11-14,17-20H2,1-2H3,(H2,35,36,42)/t30-/m0/s1. The van der Waals surface area contributed by atoms with Crippen LogP contribution >= 0.6 is 0 Å². The number of phenolic OH excluding ortho intramolecular Hbond substituents is 1. The maximum Gasteiger partial charge on any atom is 0.343 e. The number of anilines is 2. The molecule has 50 heavy (non-hydrogen) atoms. The molecule has 0 spiro atoms. The zero-order valence-electron chi connectivity index (χ0n) is 27.4. The fourth-order valence-electron chi connectivity index (χ4n) is 5.11. The molecule has 1 atom stereocenters. The Kier molecular flexibility index (Phi) is 13.0. The summed E-state index contributed by atoms with van der Waals surface area (Å²) in [5, 5.41) is 28.8. The van der Waals surface area contributed by atoms with E-state index >= 15 is 0 Å². The number of carbonyl (C=O) groups is 2. The Morgan fingerprint density at radius 2 is 1.72 bits per heavy atom. The Labute approximate surface area is 289 Å². The molecule has 18 heteroatoms. The highest BCUT2D eigenvalue weighted by Crippen LogP contribution is 2.28. The van der Waals surface area contributed by atoms with Crippen molar-refractivity contribution < 1.29 is 50.5 Å². The number of urea groups is 1. The highest BCUT2D eigenvalue weighted by molar-refractivity contribution is 7.92. The molecule has 6 N–H and O–H groups in total. The van der Waals surface area contributed by atoms with Gasteiger partial charge in [-0.25, -0.2) is 30.8 Å². The molecule has 1 aliphatic rings. The second-order valence-corrected chi connectivity index (χ2v) is 15.3. The third-order valence-corrected chi connectivity index (χ3v) is 10.3.